The molecule has 15 heavy (non-hydrogen) atoms. The minimum Gasteiger partial charge on any atom is -0.447 e. The van der Waals surface area contributed by atoms with Gasteiger partial charge in [0.25, 0.3) is 0 Å². The van der Waals surface area contributed by atoms with Crippen LogP contribution in [0.2, 0.25) is 5.02 Å². The average molecular weight is 230 g/mol. The van der Waals surface area contributed by atoms with E-state index in [2.05, 4.69) is 5.32 Å². The Hall–Kier alpha value is -1.26. The highest BCUT2D eigenvalue weighted by Crippen LogP contribution is 2.13. The maximum Gasteiger partial charge on any atom is 0.411 e. The molecule has 0 heterocycles. The van der Waals surface area contributed by atoms with Crippen molar-refractivity contribution in [3.05, 3.63) is 29.3 Å². The second-order valence-electron chi connectivity index (χ2n) is 2.76. The summed E-state index contributed by atoms with van der Waals surface area (Å²) in [6.07, 6.45) is -0.505. The van der Waals surface area contributed by atoms with Crippen LogP contribution in [-0.2, 0) is 9.47 Å². The molecular weight excluding hydrogens is 218 g/mol. The number of hydrogen-bond acceptors (Lipinski definition) is 3. The van der Waals surface area contributed by atoms with Gasteiger partial charge in [0.1, 0.15) is 6.61 Å². The quantitative estimate of drug-likeness (QED) is 0.808. The number of benzene rings is 1. The highest BCUT2D eigenvalue weighted by atomic mass is 35.5. The Labute approximate surface area is 93.1 Å². The van der Waals surface area contributed by atoms with Crippen molar-refractivity contribution in [2.24, 2.45) is 0 Å². The zero-order chi connectivity index (χ0) is 11.1. The number of rotatable bonds is 4. The van der Waals surface area contributed by atoms with E-state index in [4.69, 9.17) is 21.1 Å². The molecule has 0 unspecified atom stereocenters. The molecule has 0 aliphatic heterocycles. The maximum atomic E-state index is 11.2. The fourth-order valence-corrected chi connectivity index (χ4v) is 1.03. The van der Waals surface area contributed by atoms with Crippen LogP contribution in [0.15, 0.2) is 24.3 Å². The van der Waals surface area contributed by atoms with E-state index >= 15 is 0 Å². The number of anilines is 1. The Morgan fingerprint density at radius 3 is 2.60 bits per heavy atom. The molecule has 0 aliphatic carbocycles. The van der Waals surface area contributed by atoms with Gasteiger partial charge < -0.3 is 9.47 Å². The standard InChI is InChI=1S/C10H12ClNO3/c1-14-6-7-15-10(13)12-9-4-2-8(11)3-5-9/h2-5H,6-7H2,1H3,(H,12,13). The van der Waals surface area contributed by atoms with Gasteiger partial charge in [-0.1, -0.05) is 11.6 Å². The first-order valence-electron chi connectivity index (χ1n) is 4.40. The van der Waals surface area contributed by atoms with Crippen molar-refractivity contribution in [3.63, 3.8) is 0 Å². The summed E-state index contributed by atoms with van der Waals surface area (Å²) in [6, 6.07) is 6.76. The lowest BCUT2D eigenvalue weighted by Gasteiger charge is -2.06. The van der Waals surface area contributed by atoms with Gasteiger partial charge in [-0.15, -0.1) is 0 Å². The molecular formula is C10H12ClNO3. The van der Waals surface area contributed by atoms with Gasteiger partial charge in [-0.3, -0.25) is 5.32 Å². The second kappa shape index (κ2) is 6.27. The van der Waals surface area contributed by atoms with E-state index in [1.165, 1.54) is 0 Å². The lowest BCUT2D eigenvalue weighted by Crippen LogP contribution is -2.16. The average Bonchev–Trinajstić information content (AvgIpc) is 2.22. The molecule has 0 saturated heterocycles. The normalized spacial score (nSPS) is 9.73. The summed E-state index contributed by atoms with van der Waals surface area (Å²) in [5.41, 5.74) is 0.641. The summed E-state index contributed by atoms with van der Waals surface area (Å²) in [5, 5.41) is 3.17. The van der Waals surface area contributed by atoms with Gasteiger partial charge in [-0.05, 0) is 24.3 Å². The molecule has 1 aromatic rings. The molecule has 0 fully saturated rings. The van der Waals surface area contributed by atoms with Crippen molar-refractivity contribution in [1.29, 1.82) is 0 Å². The number of amides is 1. The van der Waals surface area contributed by atoms with Gasteiger partial charge in [0.05, 0.1) is 6.61 Å². The summed E-state index contributed by atoms with van der Waals surface area (Å²) >= 11 is 5.69. The van der Waals surface area contributed by atoms with Crippen LogP contribution in [0, 0.1) is 0 Å². The van der Waals surface area contributed by atoms with Gasteiger partial charge in [0, 0.05) is 17.8 Å². The number of nitrogens with one attached hydrogen (secondary N) is 1. The van der Waals surface area contributed by atoms with E-state index in [1.54, 1.807) is 31.4 Å². The van der Waals surface area contributed by atoms with Crippen molar-refractivity contribution >= 4 is 23.4 Å². The topological polar surface area (TPSA) is 47.6 Å². The lowest BCUT2D eigenvalue weighted by atomic mass is 10.3. The van der Waals surface area contributed by atoms with Crippen molar-refractivity contribution in [1.82, 2.24) is 0 Å². The van der Waals surface area contributed by atoms with Crippen LogP contribution in [0.4, 0.5) is 10.5 Å². The van der Waals surface area contributed by atoms with Gasteiger partial charge in [-0.2, -0.15) is 0 Å². The molecule has 82 valence electrons. The number of carbonyl (C=O) groups excluding carboxylic acids is 1. The Morgan fingerprint density at radius 2 is 2.00 bits per heavy atom. The molecule has 0 radical (unpaired) electrons. The van der Waals surface area contributed by atoms with E-state index in [0.29, 0.717) is 17.3 Å². The zero-order valence-electron chi connectivity index (χ0n) is 8.33. The van der Waals surface area contributed by atoms with E-state index in [-0.39, 0.29) is 6.61 Å². The largest absolute Gasteiger partial charge is 0.447 e. The number of methoxy groups -OCH3 is 1. The molecule has 1 aromatic carbocycles. The predicted octanol–water partition coefficient (Wildman–Crippen LogP) is 2.53. The Kier molecular flexibility index (Phi) is 4.93. The fourth-order valence-electron chi connectivity index (χ4n) is 0.905. The van der Waals surface area contributed by atoms with Crippen molar-refractivity contribution in [2.45, 2.75) is 0 Å². The maximum absolute atomic E-state index is 11.2. The fraction of sp³-hybridized carbons (Fsp3) is 0.300. The Balaban J connectivity index is 2.34. The van der Waals surface area contributed by atoms with Gasteiger partial charge in [0.15, 0.2) is 0 Å². The number of halogens is 1. The molecule has 0 aromatic heterocycles. The minimum atomic E-state index is -0.505. The molecule has 0 spiro atoms. The first-order valence-corrected chi connectivity index (χ1v) is 4.78. The summed E-state index contributed by atoms with van der Waals surface area (Å²) < 4.78 is 9.54. The monoisotopic (exact) mass is 229 g/mol. The van der Waals surface area contributed by atoms with Crippen LogP contribution in [0.25, 0.3) is 0 Å². The lowest BCUT2D eigenvalue weighted by molar-refractivity contribution is 0.107. The number of hydrogen-bond donors (Lipinski definition) is 1. The van der Waals surface area contributed by atoms with Crippen LogP contribution >= 0.6 is 11.6 Å². The Bertz CT molecular complexity index is 313. The van der Waals surface area contributed by atoms with E-state index < -0.39 is 6.09 Å². The Morgan fingerprint density at radius 1 is 1.33 bits per heavy atom. The van der Waals surface area contributed by atoms with Crippen LogP contribution < -0.4 is 5.32 Å². The molecule has 0 bridgehead atoms. The van der Waals surface area contributed by atoms with E-state index in [9.17, 15) is 4.79 Å². The number of carbonyl (C=O) groups is 1. The van der Waals surface area contributed by atoms with E-state index in [1.807, 2.05) is 0 Å². The van der Waals surface area contributed by atoms with Crippen LogP contribution in [0.5, 0.6) is 0 Å². The highest BCUT2D eigenvalue weighted by molar-refractivity contribution is 6.30. The third-order valence-corrected chi connectivity index (χ3v) is 1.86. The summed E-state index contributed by atoms with van der Waals surface area (Å²) in [6.45, 7) is 0.615. The SMILES string of the molecule is COCCOC(=O)Nc1ccc(Cl)cc1. The predicted molar refractivity (Wildman–Crippen MR) is 58.3 cm³/mol. The molecule has 0 aliphatic rings. The molecule has 5 heteroatoms. The molecule has 0 atom stereocenters. The first-order chi connectivity index (χ1) is 7.22. The molecule has 1 amide bonds. The van der Waals surface area contributed by atoms with Gasteiger partial charge >= 0.3 is 6.09 Å². The van der Waals surface area contributed by atoms with Gasteiger partial charge in [0.2, 0.25) is 0 Å². The third kappa shape index (κ3) is 4.67. The van der Waals surface area contributed by atoms with Crippen molar-refractivity contribution < 1.29 is 14.3 Å². The van der Waals surface area contributed by atoms with Crippen molar-refractivity contribution in [3.8, 4) is 0 Å². The van der Waals surface area contributed by atoms with Crippen LogP contribution in [-0.4, -0.2) is 26.4 Å². The molecule has 1 rings (SSSR count). The zero-order valence-corrected chi connectivity index (χ0v) is 9.08. The highest BCUT2D eigenvalue weighted by Gasteiger charge is 2.01. The molecule has 0 saturated carbocycles. The minimum absolute atomic E-state index is 0.232. The number of ether oxygens (including phenoxy) is 2. The van der Waals surface area contributed by atoms with Gasteiger partial charge in [-0.25, -0.2) is 4.79 Å². The molecule has 1 N–H and O–H groups in total. The summed E-state index contributed by atoms with van der Waals surface area (Å²) in [4.78, 5) is 11.2. The molecule has 4 nitrogen and oxygen atoms in total. The second-order valence-corrected chi connectivity index (χ2v) is 3.20. The van der Waals surface area contributed by atoms with Crippen LogP contribution in [0.1, 0.15) is 0 Å². The first kappa shape index (κ1) is 11.8. The van der Waals surface area contributed by atoms with Crippen molar-refractivity contribution in [2.75, 3.05) is 25.6 Å². The van der Waals surface area contributed by atoms with E-state index in [0.717, 1.165) is 0 Å². The summed E-state index contributed by atoms with van der Waals surface area (Å²) in [7, 11) is 1.54. The van der Waals surface area contributed by atoms with Crippen LogP contribution in [0.3, 0.4) is 0 Å². The summed E-state index contributed by atoms with van der Waals surface area (Å²) in [5.74, 6) is 0. The third-order valence-electron chi connectivity index (χ3n) is 1.61. The smallest absolute Gasteiger partial charge is 0.411 e.